The van der Waals surface area contributed by atoms with E-state index < -0.39 is 0 Å². The van der Waals surface area contributed by atoms with Gasteiger partial charge < -0.3 is 9.80 Å². The lowest BCUT2D eigenvalue weighted by molar-refractivity contribution is 0.314. The summed E-state index contributed by atoms with van der Waals surface area (Å²) in [7, 11) is 0. The number of rotatable bonds is 3. The van der Waals surface area contributed by atoms with Crippen LogP contribution in [0.3, 0.4) is 0 Å². The average molecular weight is 1110 g/mol. The van der Waals surface area contributed by atoms with Gasteiger partial charge in [0.15, 0.2) is 0 Å². The summed E-state index contributed by atoms with van der Waals surface area (Å²) < 4.78 is 2.83. The first-order chi connectivity index (χ1) is 37.8. The van der Waals surface area contributed by atoms with Crippen molar-refractivity contribution in [3.8, 4) is 11.1 Å². The second kappa shape index (κ2) is 17.3. The van der Waals surface area contributed by atoms with Crippen molar-refractivity contribution in [2.24, 2.45) is 0 Å². The van der Waals surface area contributed by atoms with E-state index in [4.69, 9.17) is 0 Å². The third kappa shape index (κ3) is 8.24. The van der Waals surface area contributed by atoms with Crippen LogP contribution in [0.5, 0.6) is 0 Å². The summed E-state index contributed by atoms with van der Waals surface area (Å²) in [4.78, 5) is 5.61. The molecule has 0 N–H and O–H groups in total. The lowest BCUT2D eigenvalue weighted by atomic mass is 9.35. The van der Waals surface area contributed by atoms with Crippen molar-refractivity contribution in [3.05, 3.63) is 147 Å². The molecule has 4 aliphatic carbocycles. The van der Waals surface area contributed by atoms with Gasteiger partial charge in [0.25, 0.3) is 6.71 Å². The molecule has 0 unspecified atom stereocenters. The highest BCUT2D eigenvalue weighted by molar-refractivity contribution is 7.33. The van der Waals surface area contributed by atoms with E-state index in [1.165, 1.54) is 143 Å². The van der Waals surface area contributed by atoms with E-state index in [9.17, 15) is 0 Å². The van der Waals surface area contributed by atoms with E-state index >= 15 is 0 Å². The summed E-state index contributed by atoms with van der Waals surface area (Å²) in [5.41, 5.74) is 29.0. The Balaban J connectivity index is 1.25. The molecule has 82 heavy (non-hydrogen) atoms. The Morgan fingerprint density at radius 1 is 0.390 bits per heavy atom. The Morgan fingerprint density at radius 2 is 0.829 bits per heavy atom. The number of thiophene rings is 1. The molecule has 0 spiro atoms. The van der Waals surface area contributed by atoms with Gasteiger partial charge in [0, 0.05) is 43.3 Å². The summed E-state index contributed by atoms with van der Waals surface area (Å²) >= 11 is 2.06. The highest BCUT2D eigenvalue weighted by Gasteiger charge is 2.51. The van der Waals surface area contributed by atoms with Crippen LogP contribution in [-0.4, -0.2) is 6.71 Å². The summed E-state index contributed by atoms with van der Waals surface area (Å²) in [6.07, 6.45) is 9.40. The Morgan fingerprint density at radius 3 is 1.35 bits per heavy atom. The smallest absolute Gasteiger partial charge is 0.264 e. The van der Waals surface area contributed by atoms with Crippen LogP contribution in [0.15, 0.2) is 91.0 Å². The molecular formula is C78H97BN2S. The molecule has 2 aliphatic heterocycles. The average Bonchev–Trinajstić information content (AvgIpc) is 1.13. The van der Waals surface area contributed by atoms with E-state index in [0.29, 0.717) is 0 Å². The molecule has 0 radical (unpaired) electrons. The summed E-state index contributed by atoms with van der Waals surface area (Å²) in [5.74, 6) is 0. The maximum Gasteiger partial charge on any atom is 0.264 e. The fraction of sp³-hybridized carbons (Fsp3) is 0.513. The van der Waals surface area contributed by atoms with Crippen LogP contribution in [0.25, 0.3) is 21.2 Å². The van der Waals surface area contributed by atoms with Gasteiger partial charge in [-0.1, -0.05) is 189 Å². The van der Waals surface area contributed by atoms with Crippen LogP contribution in [0.1, 0.15) is 259 Å². The van der Waals surface area contributed by atoms with Gasteiger partial charge in [-0.2, -0.15) is 0 Å². The number of hydrogen-bond acceptors (Lipinski definition) is 3. The van der Waals surface area contributed by atoms with Gasteiger partial charge in [0.05, 0.1) is 5.69 Å². The van der Waals surface area contributed by atoms with E-state index in [2.05, 4.69) is 264 Å². The van der Waals surface area contributed by atoms with Crippen LogP contribution in [-0.2, 0) is 54.1 Å². The highest BCUT2D eigenvalue weighted by atomic mass is 32.1. The highest BCUT2D eigenvalue weighted by Crippen LogP contribution is 2.60. The normalized spacial score (nSPS) is 21.6. The fourth-order valence-corrected chi connectivity index (χ4v) is 18.0. The Kier molecular flexibility index (Phi) is 11.8. The molecule has 3 heterocycles. The molecule has 13 rings (SSSR count). The van der Waals surface area contributed by atoms with E-state index in [1.54, 1.807) is 22.3 Å². The molecule has 6 aliphatic rings. The zero-order valence-corrected chi connectivity index (χ0v) is 55.5. The third-order valence-electron chi connectivity index (χ3n) is 22.8. The van der Waals surface area contributed by atoms with Crippen LogP contribution in [0, 0.1) is 0 Å². The Hall–Kier alpha value is -5.06. The quantitative estimate of drug-likeness (QED) is 0.163. The first-order valence-electron chi connectivity index (χ1n) is 31.9. The van der Waals surface area contributed by atoms with Crippen molar-refractivity contribution >= 4 is 78.0 Å². The van der Waals surface area contributed by atoms with Crippen LogP contribution >= 0.6 is 11.3 Å². The predicted molar refractivity (Wildman–Crippen MR) is 360 cm³/mol. The van der Waals surface area contributed by atoms with E-state index in [1.807, 2.05) is 0 Å². The second-order valence-corrected chi connectivity index (χ2v) is 35.5. The number of hydrogen-bond donors (Lipinski definition) is 0. The van der Waals surface area contributed by atoms with Gasteiger partial charge in [-0.05, 0) is 238 Å². The summed E-state index contributed by atoms with van der Waals surface area (Å²) in [5, 5.41) is 1.37. The minimum absolute atomic E-state index is 0.0173. The number of nitrogens with zero attached hydrogens (tertiary/aromatic N) is 2. The summed E-state index contributed by atoms with van der Waals surface area (Å²) in [6.45, 7) is 54.9. The minimum atomic E-state index is -0.0360. The molecule has 7 aromatic rings. The molecule has 6 aromatic carbocycles. The van der Waals surface area contributed by atoms with Crippen molar-refractivity contribution in [1.82, 2.24) is 0 Å². The first-order valence-corrected chi connectivity index (χ1v) is 32.7. The number of fused-ring (bicyclic) bond motifs is 10. The van der Waals surface area contributed by atoms with Gasteiger partial charge in [-0.3, -0.25) is 0 Å². The fourth-order valence-electron chi connectivity index (χ4n) is 16.7. The van der Waals surface area contributed by atoms with Gasteiger partial charge in [-0.25, -0.2) is 0 Å². The third-order valence-corrected chi connectivity index (χ3v) is 24.0. The molecular weight excluding hydrogens is 1010 g/mol. The molecule has 2 nitrogen and oxygen atoms in total. The van der Waals surface area contributed by atoms with Crippen molar-refractivity contribution in [1.29, 1.82) is 0 Å². The van der Waals surface area contributed by atoms with E-state index in [0.717, 1.165) is 12.8 Å². The van der Waals surface area contributed by atoms with Gasteiger partial charge in [0.2, 0.25) is 0 Å². The lowest BCUT2D eigenvalue weighted by Crippen LogP contribution is -2.61. The molecule has 0 saturated heterocycles. The molecule has 428 valence electrons. The second-order valence-electron chi connectivity index (χ2n) is 34.5. The van der Waals surface area contributed by atoms with E-state index in [-0.39, 0.29) is 60.9 Å². The SMILES string of the molecule is CC(C)(C)c1ccc(N2c3cc(-c4c5c(cc6c4C(C)(C)CCC6(C)C)C(C)(C)CCC5(C)C)cc4c3B(c3cc5c(cc3N4c3ccc4c(c3)C(C)(C)CCC4(C)C)C(C)(C)CCC5(C)C)c3sc4ccc(C(C)(C)C)cc4c32)cc1. The topological polar surface area (TPSA) is 6.48 Å². The molecule has 0 fully saturated rings. The maximum absolute atomic E-state index is 2.83. The molecule has 0 bridgehead atoms. The zero-order chi connectivity index (χ0) is 59.0. The lowest BCUT2D eigenvalue weighted by Gasteiger charge is -2.50. The first kappa shape index (κ1) is 56.1. The van der Waals surface area contributed by atoms with Gasteiger partial charge in [-0.15, -0.1) is 11.3 Å². The van der Waals surface area contributed by atoms with Crippen molar-refractivity contribution in [2.75, 3.05) is 9.80 Å². The molecule has 0 saturated carbocycles. The van der Waals surface area contributed by atoms with Crippen molar-refractivity contribution in [3.63, 3.8) is 0 Å². The standard InChI is InChI=1S/C78H97BN2S/c1-69(2,3)47-23-26-49(27-24-47)81-61-40-46(63-64-56(75(15,16)35-37-77(64,19)20)43-57-65(63)78(21,22)38-36-76(57,17)18)39-60-66(61)79(68-67(81)51-41-48(70(4,5)6)25-30-62(51)82-68)58-44-54-55(74(13,14)34-33-73(54,11)12)45-59(58)80(60)50-28-29-52-53(42-50)72(9,10)32-31-71(52,7)8/h23-30,39-45H,31-38H2,1-22H3. The van der Waals surface area contributed by atoms with Crippen molar-refractivity contribution in [2.45, 2.75) is 258 Å². The largest absolute Gasteiger partial charge is 0.311 e. The zero-order valence-electron chi connectivity index (χ0n) is 54.7. The number of benzene rings is 6. The molecule has 1 aromatic heterocycles. The number of anilines is 6. The van der Waals surface area contributed by atoms with Gasteiger partial charge in [0.1, 0.15) is 0 Å². The Bertz CT molecular complexity index is 3790. The van der Waals surface area contributed by atoms with Crippen LogP contribution in [0.4, 0.5) is 34.1 Å². The van der Waals surface area contributed by atoms with Crippen LogP contribution in [0.2, 0.25) is 0 Å². The summed E-state index contributed by atoms with van der Waals surface area (Å²) in [6, 6.07) is 38.8. The molecule has 0 amide bonds. The maximum atomic E-state index is 2.83. The Labute approximate surface area is 500 Å². The van der Waals surface area contributed by atoms with Gasteiger partial charge >= 0.3 is 0 Å². The molecule has 4 heteroatoms. The van der Waals surface area contributed by atoms with Crippen molar-refractivity contribution < 1.29 is 0 Å². The minimum Gasteiger partial charge on any atom is -0.311 e. The predicted octanol–water partition coefficient (Wildman–Crippen LogP) is 20.6. The van der Waals surface area contributed by atoms with Crippen LogP contribution < -0.4 is 25.5 Å². The molecule has 0 atom stereocenters. The monoisotopic (exact) mass is 1100 g/mol.